The summed E-state index contributed by atoms with van der Waals surface area (Å²) in [5.74, 6) is -1.21. The van der Waals surface area contributed by atoms with Crippen LogP contribution in [0, 0.1) is 18.8 Å². The van der Waals surface area contributed by atoms with E-state index in [1.54, 1.807) is 12.1 Å². The second-order valence-corrected chi connectivity index (χ2v) is 8.75. The van der Waals surface area contributed by atoms with Crippen LogP contribution in [-0.4, -0.2) is 50.6 Å². The van der Waals surface area contributed by atoms with Crippen LogP contribution in [0.25, 0.3) is 0 Å². The number of benzene rings is 1. The van der Waals surface area contributed by atoms with Gasteiger partial charge in [-0.1, -0.05) is 24.6 Å². The molecule has 1 saturated carbocycles. The summed E-state index contributed by atoms with van der Waals surface area (Å²) in [5, 5.41) is 2.48. The minimum atomic E-state index is -3.82. The van der Waals surface area contributed by atoms with Gasteiger partial charge in [0, 0.05) is 13.0 Å². The largest absolute Gasteiger partial charge is 0.347 e. The smallest absolute Gasteiger partial charge is 0.257 e. The van der Waals surface area contributed by atoms with Crippen molar-refractivity contribution in [3.8, 4) is 0 Å². The zero-order valence-corrected chi connectivity index (χ0v) is 16.3. The molecule has 10 heteroatoms. The monoisotopic (exact) mass is 396 g/mol. The van der Waals surface area contributed by atoms with Gasteiger partial charge in [-0.25, -0.2) is 8.42 Å². The van der Waals surface area contributed by atoms with Crippen molar-refractivity contribution >= 4 is 27.7 Å². The Bertz CT molecular complexity index is 822. The van der Waals surface area contributed by atoms with Crippen LogP contribution in [0.4, 0.5) is 0 Å². The Morgan fingerprint density at radius 1 is 1.11 bits per heavy atom. The second-order valence-electron chi connectivity index (χ2n) is 6.71. The predicted molar refractivity (Wildman–Crippen MR) is 97.6 cm³/mol. The molecule has 0 saturated heterocycles. The van der Waals surface area contributed by atoms with Crippen molar-refractivity contribution in [1.29, 1.82) is 0 Å². The Labute approximate surface area is 158 Å². The van der Waals surface area contributed by atoms with Crippen LogP contribution in [0.15, 0.2) is 29.2 Å². The average Bonchev–Trinajstić information content (AvgIpc) is 3.35. The number of hydrogen-bond acceptors (Lipinski definition) is 5. The van der Waals surface area contributed by atoms with Gasteiger partial charge in [0.2, 0.25) is 15.9 Å². The van der Waals surface area contributed by atoms with E-state index in [0.717, 1.165) is 16.3 Å². The van der Waals surface area contributed by atoms with E-state index in [9.17, 15) is 22.8 Å². The first-order valence-corrected chi connectivity index (χ1v) is 9.93. The predicted octanol–water partition coefficient (Wildman–Crippen LogP) is -0.465. The summed E-state index contributed by atoms with van der Waals surface area (Å²) in [4.78, 5) is 35.2. The fraction of sp³-hybridized carbons (Fsp3) is 0.471. The van der Waals surface area contributed by atoms with Gasteiger partial charge in [0.1, 0.15) is 0 Å². The summed E-state index contributed by atoms with van der Waals surface area (Å²) < 4.78 is 25.7. The van der Waals surface area contributed by atoms with Crippen LogP contribution in [-0.2, 0) is 24.4 Å². The molecule has 1 aliphatic carbocycles. The molecule has 27 heavy (non-hydrogen) atoms. The van der Waals surface area contributed by atoms with Gasteiger partial charge >= 0.3 is 0 Å². The fourth-order valence-corrected chi connectivity index (χ4v) is 3.51. The Hall–Kier alpha value is -2.46. The molecular formula is C17H24N4O5S. The molecule has 0 heterocycles. The third kappa shape index (κ3) is 5.76. The molecule has 1 aromatic rings. The summed E-state index contributed by atoms with van der Waals surface area (Å²) in [5.41, 5.74) is 5.18. The van der Waals surface area contributed by atoms with Crippen molar-refractivity contribution in [2.24, 2.45) is 11.8 Å². The number of amides is 3. The maximum Gasteiger partial charge on any atom is 0.257 e. The zero-order chi connectivity index (χ0) is 20.2. The molecular weight excluding hydrogens is 372 g/mol. The van der Waals surface area contributed by atoms with E-state index in [1.807, 2.05) is 13.8 Å². The molecule has 0 unspecified atom stereocenters. The van der Waals surface area contributed by atoms with Crippen molar-refractivity contribution in [3.63, 3.8) is 0 Å². The van der Waals surface area contributed by atoms with E-state index in [-0.39, 0.29) is 23.3 Å². The number of hydrogen-bond donors (Lipinski definition) is 3. The van der Waals surface area contributed by atoms with Gasteiger partial charge in [-0.05, 0) is 31.4 Å². The Kier molecular flexibility index (Phi) is 6.55. The number of hydrazine groups is 1. The van der Waals surface area contributed by atoms with Gasteiger partial charge in [-0.3, -0.25) is 25.2 Å². The van der Waals surface area contributed by atoms with E-state index in [1.165, 1.54) is 19.2 Å². The van der Waals surface area contributed by atoms with Gasteiger partial charge in [-0.2, -0.15) is 4.31 Å². The number of likely N-dealkylation sites (N-methyl/N-ethyl adjacent to an activating group) is 1. The minimum Gasteiger partial charge on any atom is -0.347 e. The number of nitrogens with zero attached hydrogens (tertiary/aromatic N) is 1. The zero-order valence-electron chi connectivity index (χ0n) is 15.5. The van der Waals surface area contributed by atoms with E-state index in [0.29, 0.717) is 5.92 Å². The maximum absolute atomic E-state index is 12.4. The standard InChI is InChI=1S/C17H24N4O5S/c1-11-4-6-13(7-5-11)27(25,26)21(3)10-16(23)20-19-15(22)9-18-17(24)14-8-12(14)2/h4-7,12,14H,8-10H2,1-3H3,(H,18,24)(H,19,22)(H,20,23)/t12-,14-/m1/s1. The third-order valence-electron chi connectivity index (χ3n) is 4.31. The summed E-state index contributed by atoms with van der Waals surface area (Å²) in [6, 6.07) is 6.25. The fourth-order valence-electron chi connectivity index (χ4n) is 2.39. The lowest BCUT2D eigenvalue weighted by Crippen LogP contribution is -2.49. The topological polar surface area (TPSA) is 125 Å². The molecule has 3 N–H and O–H groups in total. The molecule has 148 valence electrons. The van der Waals surface area contributed by atoms with Gasteiger partial charge in [0.25, 0.3) is 11.8 Å². The molecule has 9 nitrogen and oxygen atoms in total. The Balaban J connectivity index is 1.76. The first kappa shape index (κ1) is 20.8. The molecule has 1 aromatic carbocycles. The van der Waals surface area contributed by atoms with Crippen LogP contribution >= 0.6 is 0 Å². The van der Waals surface area contributed by atoms with Crippen molar-refractivity contribution < 1.29 is 22.8 Å². The van der Waals surface area contributed by atoms with E-state index in [4.69, 9.17) is 0 Å². The second kappa shape index (κ2) is 8.49. The molecule has 0 bridgehead atoms. The number of nitrogens with one attached hydrogen (secondary N) is 3. The molecule has 1 aliphatic rings. The summed E-state index contributed by atoms with van der Waals surface area (Å²) in [7, 11) is -2.54. The highest BCUT2D eigenvalue weighted by atomic mass is 32.2. The number of carbonyl (C=O) groups excluding carboxylic acids is 3. The summed E-state index contributed by atoms with van der Waals surface area (Å²) in [6.45, 7) is 3.05. The highest BCUT2D eigenvalue weighted by Crippen LogP contribution is 2.37. The van der Waals surface area contributed by atoms with Crippen LogP contribution < -0.4 is 16.2 Å². The average molecular weight is 396 g/mol. The first-order valence-electron chi connectivity index (χ1n) is 8.49. The van der Waals surface area contributed by atoms with Crippen LogP contribution in [0.3, 0.4) is 0 Å². The van der Waals surface area contributed by atoms with Gasteiger partial charge in [0.15, 0.2) is 0 Å². The molecule has 0 aliphatic heterocycles. The number of rotatable bonds is 7. The van der Waals surface area contributed by atoms with Crippen molar-refractivity contribution in [2.75, 3.05) is 20.1 Å². The highest BCUT2D eigenvalue weighted by molar-refractivity contribution is 7.89. The van der Waals surface area contributed by atoms with Gasteiger partial charge < -0.3 is 5.32 Å². The lowest BCUT2D eigenvalue weighted by molar-refractivity contribution is -0.130. The molecule has 2 atom stereocenters. The van der Waals surface area contributed by atoms with Crippen molar-refractivity contribution in [2.45, 2.75) is 25.2 Å². The van der Waals surface area contributed by atoms with Crippen LogP contribution in [0.1, 0.15) is 18.9 Å². The first-order chi connectivity index (χ1) is 12.6. The van der Waals surface area contributed by atoms with Crippen molar-refractivity contribution in [3.05, 3.63) is 29.8 Å². The number of sulfonamides is 1. The van der Waals surface area contributed by atoms with E-state index < -0.39 is 28.4 Å². The Morgan fingerprint density at radius 3 is 2.22 bits per heavy atom. The molecule has 3 amide bonds. The third-order valence-corrected chi connectivity index (χ3v) is 6.12. The molecule has 0 aromatic heterocycles. The minimum absolute atomic E-state index is 0.0481. The maximum atomic E-state index is 12.4. The van der Waals surface area contributed by atoms with Gasteiger partial charge in [0.05, 0.1) is 18.0 Å². The Morgan fingerprint density at radius 2 is 1.67 bits per heavy atom. The van der Waals surface area contributed by atoms with E-state index >= 15 is 0 Å². The highest BCUT2D eigenvalue weighted by Gasteiger charge is 2.39. The molecule has 1 fully saturated rings. The van der Waals surface area contributed by atoms with Crippen LogP contribution in [0.2, 0.25) is 0 Å². The molecule has 0 spiro atoms. The lowest BCUT2D eigenvalue weighted by atomic mass is 10.2. The number of carbonyl (C=O) groups is 3. The van der Waals surface area contributed by atoms with Crippen LogP contribution in [0.5, 0.6) is 0 Å². The van der Waals surface area contributed by atoms with Gasteiger partial charge in [-0.15, -0.1) is 0 Å². The number of aryl methyl sites for hydroxylation is 1. The summed E-state index contributed by atoms with van der Waals surface area (Å²) in [6.07, 6.45) is 0.811. The summed E-state index contributed by atoms with van der Waals surface area (Å²) >= 11 is 0. The van der Waals surface area contributed by atoms with Crippen molar-refractivity contribution in [1.82, 2.24) is 20.5 Å². The normalized spacial score (nSPS) is 18.7. The molecule has 2 rings (SSSR count). The SMILES string of the molecule is Cc1ccc(S(=O)(=O)N(C)CC(=O)NNC(=O)CNC(=O)[C@@H]2C[C@H]2C)cc1. The lowest BCUT2D eigenvalue weighted by Gasteiger charge is -2.17. The quantitative estimate of drug-likeness (QED) is 0.538. The van der Waals surface area contributed by atoms with E-state index in [2.05, 4.69) is 16.2 Å². The molecule has 0 radical (unpaired) electrons.